The first-order chi connectivity index (χ1) is 8.58. The van der Waals surface area contributed by atoms with E-state index in [1.54, 1.807) is 13.1 Å². The standard InChI is InChI=1S/C14H17N3O/c1-11(18)12-4-6-13(7-5-12)17(3)10-14-15-8-9-16(14)2/h4-9H,10H2,1-3H3. The second-order valence-corrected chi connectivity index (χ2v) is 4.41. The predicted octanol–water partition coefficient (Wildman–Crippen LogP) is 2.26. The van der Waals surface area contributed by atoms with Gasteiger partial charge in [-0.15, -0.1) is 0 Å². The maximum atomic E-state index is 11.2. The Kier molecular flexibility index (Phi) is 3.46. The number of aromatic nitrogens is 2. The summed E-state index contributed by atoms with van der Waals surface area (Å²) in [6.45, 7) is 2.32. The Morgan fingerprint density at radius 1 is 1.33 bits per heavy atom. The fourth-order valence-corrected chi connectivity index (χ4v) is 1.80. The van der Waals surface area contributed by atoms with Crippen molar-refractivity contribution >= 4 is 11.5 Å². The molecule has 0 N–H and O–H groups in total. The van der Waals surface area contributed by atoms with Crippen LogP contribution in [0.4, 0.5) is 5.69 Å². The number of imidazole rings is 1. The molecule has 4 nitrogen and oxygen atoms in total. The van der Waals surface area contributed by atoms with Crippen LogP contribution in [0.2, 0.25) is 0 Å². The van der Waals surface area contributed by atoms with Crippen molar-refractivity contribution in [2.45, 2.75) is 13.5 Å². The molecule has 94 valence electrons. The van der Waals surface area contributed by atoms with Crippen LogP contribution in [0.1, 0.15) is 23.1 Å². The number of aryl methyl sites for hydroxylation is 1. The second-order valence-electron chi connectivity index (χ2n) is 4.41. The average Bonchev–Trinajstić information content (AvgIpc) is 2.75. The number of nitrogens with zero attached hydrogens (tertiary/aromatic N) is 3. The summed E-state index contributed by atoms with van der Waals surface area (Å²) in [5, 5.41) is 0. The molecule has 0 fully saturated rings. The van der Waals surface area contributed by atoms with Gasteiger partial charge in [0.05, 0.1) is 6.54 Å². The van der Waals surface area contributed by atoms with Gasteiger partial charge in [-0.2, -0.15) is 0 Å². The van der Waals surface area contributed by atoms with Gasteiger partial charge in [0, 0.05) is 37.7 Å². The van der Waals surface area contributed by atoms with Crippen molar-refractivity contribution in [1.82, 2.24) is 9.55 Å². The lowest BCUT2D eigenvalue weighted by molar-refractivity contribution is 0.101. The van der Waals surface area contributed by atoms with Crippen molar-refractivity contribution in [3.8, 4) is 0 Å². The number of benzene rings is 1. The SMILES string of the molecule is CC(=O)c1ccc(N(C)Cc2nccn2C)cc1. The Balaban J connectivity index is 2.12. The Bertz CT molecular complexity index is 542. The van der Waals surface area contributed by atoms with Crippen LogP contribution >= 0.6 is 0 Å². The summed E-state index contributed by atoms with van der Waals surface area (Å²) in [6, 6.07) is 7.62. The van der Waals surface area contributed by atoms with Gasteiger partial charge in [0.25, 0.3) is 0 Å². The number of anilines is 1. The Hall–Kier alpha value is -2.10. The summed E-state index contributed by atoms with van der Waals surface area (Å²) in [5.74, 6) is 1.10. The molecular formula is C14H17N3O. The molecule has 1 heterocycles. The van der Waals surface area contributed by atoms with Gasteiger partial charge in [0.15, 0.2) is 5.78 Å². The summed E-state index contributed by atoms with van der Waals surface area (Å²) in [6.07, 6.45) is 3.73. The van der Waals surface area contributed by atoms with Gasteiger partial charge in [-0.05, 0) is 31.2 Å². The molecule has 1 aromatic heterocycles. The van der Waals surface area contributed by atoms with Gasteiger partial charge in [-0.1, -0.05) is 0 Å². The highest BCUT2D eigenvalue weighted by Gasteiger charge is 2.06. The predicted molar refractivity (Wildman–Crippen MR) is 71.8 cm³/mol. The first kappa shape index (κ1) is 12.4. The maximum Gasteiger partial charge on any atom is 0.159 e. The topological polar surface area (TPSA) is 38.1 Å². The Morgan fingerprint density at radius 2 is 2.00 bits per heavy atom. The zero-order chi connectivity index (χ0) is 13.1. The van der Waals surface area contributed by atoms with Crippen molar-refractivity contribution in [1.29, 1.82) is 0 Å². The van der Waals surface area contributed by atoms with Crippen LogP contribution in [-0.4, -0.2) is 22.4 Å². The zero-order valence-electron chi connectivity index (χ0n) is 10.9. The van der Waals surface area contributed by atoms with Gasteiger partial charge < -0.3 is 9.47 Å². The van der Waals surface area contributed by atoms with Crippen molar-refractivity contribution in [3.63, 3.8) is 0 Å². The highest BCUT2D eigenvalue weighted by Crippen LogP contribution is 2.16. The van der Waals surface area contributed by atoms with Crippen LogP contribution in [0.5, 0.6) is 0 Å². The molecule has 18 heavy (non-hydrogen) atoms. The molecule has 1 aromatic carbocycles. The van der Waals surface area contributed by atoms with E-state index >= 15 is 0 Å². The number of rotatable bonds is 4. The van der Waals surface area contributed by atoms with Crippen molar-refractivity contribution < 1.29 is 4.79 Å². The largest absolute Gasteiger partial charge is 0.367 e. The van der Waals surface area contributed by atoms with Crippen molar-refractivity contribution in [3.05, 3.63) is 48.0 Å². The van der Waals surface area contributed by atoms with E-state index in [-0.39, 0.29) is 5.78 Å². The molecule has 4 heteroatoms. The number of ketones is 1. The summed E-state index contributed by atoms with van der Waals surface area (Å²) < 4.78 is 2.00. The van der Waals surface area contributed by atoms with Crippen LogP contribution < -0.4 is 4.90 Å². The Morgan fingerprint density at radius 3 is 2.50 bits per heavy atom. The molecule has 0 amide bonds. The first-order valence-corrected chi connectivity index (χ1v) is 5.86. The van der Waals surface area contributed by atoms with E-state index < -0.39 is 0 Å². The minimum atomic E-state index is 0.0910. The molecule has 0 aliphatic rings. The van der Waals surface area contributed by atoms with E-state index in [4.69, 9.17) is 0 Å². The number of hydrogen-bond donors (Lipinski definition) is 0. The van der Waals surface area contributed by atoms with Crippen LogP contribution in [-0.2, 0) is 13.6 Å². The fraction of sp³-hybridized carbons (Fsp3) is 0.286. The van der Waals surface area contributed by atoms with E-state index in [2.05, 4.69) is 9.88 Å². The lowest BCUT2D eigenvalue weighted by atomic mass is 10.1. The van der Waals surface area contributed by atoms with Crippen LogP contribution in [0.3, 0.4) is 0 Å². The molecule has 0 saturated carbocycles. The average molecular weight is 243 g/mol. The van der Waals surface area contributed by atoms with Gasteiger partial charge in [-0.3, -0.25) is 4.79 Å². The monoisotopic (exact) mass is 243 g/mol. The number of carbonyl (C=O) groups excluding carboxylic acids is 1. The first-order valence-electron chi connectivity index (χ1n) is 5.86. The molecule has 0 aliphatic heterocycles. The third-order valence-electron chi connectivity index (χ3n) is 3.01. The van der Waals surface area contributed by atoms with Gasteiger partial charge in [-0.25, -0.2) is 4.98 Å². The smallest absolute Gasteiger partial charge is 0.159 e. The number of hydrogen-bond acceptors (Lipinski definition) is 3. The van der Waals surface area contributed by atoms with E-state index in [0.29, 0.717) is 0 Å². The van der Waals surface area contributed by atoms with Crippen molar-refractivity contribution in [2.75, 3.05) is 11.9 Å². The highest BCUT2D eigenvalue weighted by atomic mass is 16.1. The second kappa shape index (κ2) is 5.04. The summed E-state index contributed by atoms with van der Waals surface area (Å²) in [7, 11) is 3.99. The van der Waals surface area contributed by atoms with E-state index in [1.165, 1.54) is 0 Å². The number of Topliss-reactive ketones (excluding diaryl/α,β-unsaturated/α-hetero) is 1. The molecule has 0 bridgehead atoms. The van der Waals surface area contributed by atoms with Gasteiger partial charge in [0.2, 0.25) is 0 Å². The van der Waals surface area contributed by atoms with Gasteiger partial charge >= 0.3 is 0 Å². The lowest BCUT2D eigenvalue weighted by Crippen LogP contribution is -2.18. The quantitative estimate of drug-likeness (QED) is 0.773. The van der Waals surface area contributed by atoms with Crippen molar-refractivity contribution in [2.24, 2.45) is 7.05 Å². The minimum absolute atomic E-state index is 0.0910. The van der Waals surface area contributed by atoms with Crippen LogP contribution in [0, 0.1) is 0 Å². The molecule has 2 aromatic rings. The van der Waals surface area contributed by atoms with E-state index in [0.717, 1.165) is 23.6 Å². The molecule has 0 unspecified atom stereocenters. The third kappa shape index (κ3) is 2.59. The highest BCUT2D eigenvalue weighted by molar-refractivity contribution is 5.94. The molecule has 0 radical (unpaired) electrons. The summed E-state index contributed by atoms with van der Waals surface area (Å²) in [5.41, 5.74) is 1.81. The van der Waals surface area contributed by atoms with E-state index in [1.807, 2.05) is 49.1 Å². The van der Waals surface area contributed by atoms with E-state index in [9.17, 15) is 4.79 Å². The summed E-state index contributed by atoms with van der Waals surface area (Å²) in [4.78, 5) is 17.6. The molecule has 0 aliphatic carbocycles. The van der Waals surface area contributed by atoms with Crippen LogP contribution in [0.25, 0.3) is 0 Å². The minimum Gasteiger partial charge on any atom is -0.367 e. The molecule has 0 spiro atoms. The molecule has 0 atom stereocenters. The fourth-order valence-electron chi connectivity index (χ4n) is 1.80. The molecule has 2 rings (SSSR count). The molecular weight excluding hydrogens is 226 g/mol. The Labute approximate surface area is 107 Å². The normalized spacial score (nSPS) is 10.4. The lowest BCUT2D eigenvalue weighted by Gasteiger charge is -2.19. The van der Waals surface area contributed by atoms with Crippen LogP contribution in [0.15, 0.2) is 36.7 Å². The maximum absolute atomic E-state index is 11.2. The van der Waals surface area contributed by atoms with Gasteiger partial charge in [0.1, 0.15) is 5.82 Å². The summed E-state index contributed by atoms with van der Waals surface area (Å²) >= 11 is 0. The molecule has 0 saturated heterocycles. The third-order valence-corrected chi connectivity index (χ3v) is 3.01. The zero-order valence-corrected chi connectivity index (χ0v) is 10.9. The number of carbonyl (C=O) groups is 1.